The van der Waals surface area contributed by atoms with E-state index in [1.807, 2.05) is 27.7 Å². The Morgan fingerprint density at radius 2 is 1.52 bits per heavy atom. The third-order valence-corrected chi connectivity index (χ3v) is 2.09. The molecule has 0 rings (SSSR count). The van der Waals surface area contributed by atoms with Gasteiger partial charge in [-0.05, 0) is 19.9 Å². The molecule has 0 saturated carbocycles. The third kappa shape index (κ3) is 15.5. The number of allylic oxidation sites excluding steroid dienone is 3. The fraction of sp³-hybridized carbons (Fsp3) is 0.647. The molecular weight excluding hydrogens is 300 g/mol. The van der Waals surface area contributed by atoms with Gasteiger partial charge in [-0.3, -0.25) is 0 Å². The van der Waals surface area contributed by atoms with Crippen LogP contribution in [0.4, 0.5) is 0 Å². The van der Waals surface area contributed by atoms with Crippen molar-refractivity contribution >= 4 is 0 Å². The fourth-order valence-electron chi connectivity index (χ4n) is 1.06. The van der Waals surface area contributed by atoms with Gasteiger partial charge in [0.15, 0.2) is 0 Å². The first-order valence-corrected chi connectivity index (χ1v) is 7.77. The average Bonchev–Trinajstić information content (AvgIpc) is 2.52. The normalized spacial score (nSPS) is 14.0. The highest BCUT2D eigenvalue weighted by atomic mass is 16.7. The third-order valence-electron chi connectivity index (χ3n) is 2.09. The van der Waals surface area contributed by atoms with Crippen LogP contribution in [0.1, 0.15) is 41.5 Å². The molecule has 0 fully saturated rings. The summed E-state index contributed by atoms with van der Waals surface area (Å²) in [7, 11) is 0. The van der Waals surface area contributed by atoms with Crippen molar-refractivity contribution in [2.24, 2.45) is 0 Å². The van der Waals surface area contributed by atoms with Crippen LogP contribution in [0.3, 0.4) is 0 Å². The van der Waals surface area contributed by atoms with E-state index in [0.29, 0.717) is 0 Å². The molecule has 0 aromatic heterocycles. The Kier molecular flexibility index (Phi) is 19.9. The van der Waals surface area contributed by atoms with Crippen LogP contribution in [0.25, 0.3) is 0 Å². The first-order chi connectivity index (χ1) is 10.8. The van der Waals surface area contributed by atoms with Crippen molar-refractivity contribution in [3.8, 4) is 0 Å². The van der Waals surface area contributed by atoms with Crippen molar-refractivity contribution in [1.29, 1.82) is 0 Å². The average molecular weight is 334 g/mol. The van der Waals surface area contributed by atoms with Crippen molar-refractivity contribution in [2.45, 2.75) is 66.3 Å². The minimum absolute atomic E-state index is 0.128. The molecule has 0 amide bonds. The molecule has 0 spiro atoms. The highest BCUT2D eigenvalue weighted by Crippen LogP contribution is 2.12. The van der Waals surface area contributed by atoms with E-state index in [0.717, 1.165) is 5.57 Å². The Balaban J connectivity index is -0.000000919. The summed E-state index contributed by atoms with van der Waals surface area (Å²) < 4.78 is 10.1. The summed E-state index contributed by atoms with van der Waals surface area (Å²) in [6, 6.07) is 0. The van der Waals surface area contributed by atoms with Gasteiger partial charge < -0.3 is 29.9 Å². The van der Waals surface area contributed by atoms with Gasteiger partial charge in [-0.15, -0.1) is 0 Å². The molecule has 6 heteroatoms. The van der Waals surface area contributed by atoms with Gasteiger partial charge in [-0.2, -0.15) is 0 Å². The van der Waals surface area contributed by atoms with Gasteiger partial charge in [0.25, 0.3) is 6.29 Å². The summed E-state index contributed by atoms with van der Waals surface area (Å²) in [6.07, 6.45) is -2.28. The van der Waals surface area contributed by atoms with Crippen LogP contribution in [0.2, 0.25) is 0 Å². The van der Waals surface area contributed by atoms with Crippen molar-refractivity contribution in [1.82, 2.24) is 0 Å². The molecule has 3 unspecified atom stereocenters. The number of hydrogen-bond acceptors (Lipinski definition) is 6. The van der Waals surface area contributed by atoms with Gasteiger partial charge in [-0.1, -0.05) is 52.5 Å². The van der Waals surface area contributed by atoms with Crippen LogP contribution < -0.4 is 0 Å². The lowest BCUT2D eigenvalue weighted by molar-refractivity contribution is -0.267. The Morgan fingerprint density at radius 1 is 1.04 bits per heavy atom. The van der Waals surface area contributed by atoms with E-state index in [2.05, 4.69) is 13.2 Å². The molecular formula is C17H34O6. The number of aliphatic hydroxyl groups is 4. The van der Waals surface area contributed by atoms with E-state index >= 15 is 0 Å². The Morgan fingerprint density at radius 3 is 1.83 bits per heavy atom. The second kappa shape index (κ2) is 17.2. The molecule has 0 bridgehead atoms. The molecule has 138 valence electrons. The molecule has 0 aliphatic carbocycles. The summed E-state index contributed by atoms with van der Waals surface area (Å²) >= 11 is 0. The van der Waals surface area contributed by atoms with E-state index in [1.165, 1.54) is 13.0 Å². The molecule has 0 heterocycles. The minimum Gasteiger partial charge on any atom is -0.460 e. The second-order valence-electron chi connectivity index (χ2n) is 4.14. The van der Waals surface area contributed by atoms with Gasteiger partial charge in [0.1, 0.15) is 11.9 Å². The van der Waals surface area contributed by atoms with Crippen LogP contribution in [0, 0.1) is 0 Å². The van der Waals surface area contributed by atoms with Crippen molar-refractivity contribution < 1.29 is 29.9 Å². The largest absolute Gasteiger partial charge is 0.460 e. The molecule has 0 aliphatic heterocycles. The van der Waals surface area contributed by atoms with E-state index in [1.54, 1.807) is 13.0 Å². The van der Waals surface area contributed by atoms with Crippen molar-refractivity contribution in [2.75, 3.05) is 6.61 Å². The highest BCUT2D eigenvalue weighted by Gasteiger charge is 2.26. The maximum Gasteiger partial charge on any atom is 0.251 e. The molecule has 0 aromatic rings. The number of hydrogen-bond donors (Lipinski definition) is 4. The quantitative estimate of drug-likeness (QED) is 0.293. The summed E-state index contributed by atoms with van der Waals surface area (Å²) in [6.45, 7) is 17.9. The highest BCUT2D eigenvalue weighted by molar-refractivity contribution is 5.19. The minimum atomic E-state index is -1.94. The van der Waals surface area contributed by atoms with Gasteiger partial charge in [0, 0.05) is 0 Å². The molecule has 4 N–H and O–H groups in total. The standard InChI is InChI=1S/C13H22O6.2C2H6/c1-8(2)5-6-9(3)18-13(12(16)17)19-11(7-14)10(4)15;2*1-2/h5-6,10-17H,1,3,7H2,2,4H3;2*1-2H3/b6-5-;;. The predicted octanol–water partition coefficient (Wildman–Crippen LogP) is 2.10. The maximum atomic E-state index is 9.30. The SMILES string of the molecule is C=C(C)/C=C\C(=C)OC(OC(CO)C(C)O)C(O)O.CC.CC. The summed E-state index contributed by atoms with van der Waals surface area (Å²) in [5.74, 6) is 0.128. The van der Waals surface area contributed by atoms with Crippen molar-refractivity contribution in [3.05, 3.63) is 36.6 Å². The zero-order valence-corrected chi connectivity index (χ0v) is 15.2. The predicted molar refractivity (Wildman–Crippen MR) is 92.5 cm³/mol. The Hall–Kier alpha value is -1.18. The van der Waals surface area contributed by atoms with Gasteiger partial charge in [-0.25, -0.2) is 0 Å². The number of ether oxygens (including phenoxy) is 2. The Labute approximate surface area is 140 Å². The van der Waals surface area contributed by atoms with Gasteiger partial charge in [0.05, 0.1) is 12.7 Å². The second-order valence-corrected chi connectivity index (χ2v) is 4.14. The van der Waals surface area contributed by atoms with E-state index in [4.69, 9.17) is 24.8 Å². The molecule has 3 atom stereocenters. The van der Waals surface area contributed by atoms with E-state index < -0.39 is 31.4 Å². The monoisotopic (exact) mass is 334 g/mol. The molecule has 6 nitrogen and oxygen atoms in total. The van der Waals surface area contributed by atoms with Gasteiger partial charge in [0.2, 0.25) is 6.29 Å². The lowest BCUT2D eigenvalue weighted by Gasteiger charge is -2.27. The summed E-state index contributed by atoms with van der Waals surface area (Å²) in [5.41, 5.74) is 0.768. The van der Waals surface area contributed by atoms with Crippen molar-refractivity contribution in [3.63, 3.8) is 0 Å². The first kappa shape index (κ1) is 26.7. The number of aliphatic hydroxyl groups excluding tert-OH is 3. The zero-order chi connectivity index (χ0) is 19.0. The molecule has 0 aliphatic rings. The van der Waals surface area contributed by atoms with Gasteiger partial charge >= 0.3 is 0 Å². The lowest BCUT2D eigenvalue weighted by atomic mass is 10.2. The lowest BCUT2D eigenvalue weighted by Crippen LogP contribution is -2.40. The fourth-order valence-corrected chi connectivity index (χ4v) is 1.06. The zero-order valence-electron chi connectivity index (χ0n) is 15.2. The maximum absolute atomic E-state index is 9.30. The van der Waals surface area contributed by atoms with Crippen LogP contribution in [-0.2, 0) is 9.47 Å². The Bertz CT molecular complexity index is 323. The smallest absolute Gasteiger partial charge is 0.251 e. The molecule has 0 saturated heterocycles. The molecule has 0 aromatic carbocycles. The van der Waals surface area contributed by atoms with E-state index in [9.17, 15) is 5.11 Å². The summed E-state index contributed by atoms with van der Waals surface area (Å²) in [4.78, 5) is 0. The van der Waals surface area contributed by atoms with Crippen LogP contribution in [-0.4, -0.2) is 51.8 Å². The van der Waals surface area contributed by atoms with Crippen LogP contribution in [0.5, 0.6) is 0 Å². The van der Waals surface area contributed by atoms with Crippen LogP contribution in [0.15, 0.2) is 36.6 Å². The molecule has 0 radical (unpaired) electrons. The first-order valence-electron chi connectivity index (χ1n) is 7.77. The topological polar surface area (TPSA) is 99.4 Å². The van der Waals surface area contributed by atoms with E-state index in [-0.39, 0.29) is 5.76 Å². The molecule has 23 heavy (non-hydrogen) atoms. The summed E-state index contributed by atoms with van der Waals surface area (Å²) in [5, 5.41) is 36.5. The van der Waals surface area contributed by atoms with Crippen LogP contribution >= 0.6 is 0 Å². The number of rotatable bonds is 9.